The van der Waals surface area contributed by atoms with Crippen LogP contribution in [0.5, 0.6) is 0 Å². The van der Waals surface area contributed by atoms with Crippen LogP contribution in [0.15, 0.2) is 65.6 Å². The van der Waals surface area contributed by atoms with Gasteiger partial charge in [0.25, 0.3) is 0 Å². The van der Waals surface area contributed by atoms with E-state index in [9.17, 15) is 4.79 Å². The Labute approximate surface area is 109 Å². The summed E-state index contributed by atoms with van der Waals surface area (Å²) in [5, 5.41) is 0. The van der Waals surface area contributed by atoms with E-state index in [2.05, 4.69) is 15.0 Å². The normalized spacial score (nSPS) is 10.3. The van der Waals surface area contributed by atoms with E-state index >= 15 is 0 Å². The maximum absolute atomic E-state index is 11.7. The lowest BCUT2D eigenvalue weighted by atomic mass is 10.1. The van der Waals surface area contributed by atoms with Crippen LogP contribution in [0.1, 0.15) is 0 Å². The molecule has 0 aliphatic rings. The van der Waals surface area contributed by atoms with Crippen molar-refractivity contribution in [3.8, 4) is 22.6 Å². The fourth-order valence-corrected chi connectivity index (χ4v) is 1.87. The third kappa shape index (κ3) is 2.42. The largest absolute Gasteiger partial charge is 0.346 e. The van der Waals surface area contributed by atoms with E-state index in [0.717, 1.165) is 11.3 Å². The Morgan fingerprint density at radius 1 is 0.895 bits per heavy atom. The molecule has 0 aliphatic heterocycles. The average molecular weight is 249 g/mol. The van der Waals surface area contributed by atoms with Gasteiger partial charge in [-0.15, -0.1) is 0 Å². The molecule has 1 aromatic carbocycles. The molecule has 4 heteroatoms. The minimum Gasteiger partial charge on any atom is -0.304 e. The van der Waals surface area contributed by atoms with E-state index in [0.29, 0.717) is 11.4 Å². The van der Waals surface area contributed by atoms with E-state index in [4.69, 9.17) is 0 Å². The molecule has 1 N–H and O–H groups in total. The molecule has 19 heavy (non-hydrogen) atoms. The second kappa shape index (κ2) is 4.86. The molecule has 0 aliphatic carbocycles. The zero-order valence-electron chi connectivity index (χ0n) is 10.1. The highest BCUT2D eigenvalue weighted by Crippen LogP contribution is 2.19. The summed E-state index contributed by atoms with van der Waals surface area (Å²) < 4.78 is 0. The molecule has 0 amide bonds. The standard InChI is InChI=1S/C15H11N3O/c19-15-17-13(11-6-2-1-3-7-11)10-14(18-15)12-8-4-5-9-16-12/h1-10H,(H,17,18,19). The first-order chi connectivity index (χ1) is 9.33. The number of pyridine rings is 1. The Bertz CT molecular complexity index is 675. The van der Waals surface area contributed by atoms with Gasteiger partial charge in [0.1, 0.15) is 0 Å². The summed E-state index contributed by atoms with van der Waals surface area (Å²) >= 11 is 0. The Balaban J connectivity index is 2.15. The monoisotopic (exact) mass is 249 g/mol. The molecule has 0 fully saturated rings. The number of rotatable bonds is 2. The molecule has 92 valence electrons. The SMILES string of the molecule is O=c1nc(-c2ccccc2)cc(-c2ccccn2)[nH]1. The summed E-state index contributed by atoms with van der Waals surface area (Å²) in [6.07, 6.45) is 1.69. The zero-order chi connectivity index (χ0) is 13.1. The molecular weight excluding hydrogens is 238 g/mol. The molecule has 0 saturated heterocycles. The first-order valence-corrected chi connectivity index (χ1v) is 5.91. The Morgan fingerprint density at radius 2 is 1.68 bits per heavy atom. The van der Waals surface area contributed by atoms with Gasteiger partial charge in [-0.1, -0.05) is 36.4 Å². The van der Waals surface area contributed by atoms with E-state index in [1.807, 2.05) is 54.6 Å². The highest BCUT2D eigenvalue weighted by molar-refractivity contribution is 5.65. The zero-order valence-corrected chi connectivity index (χ0v) is 10.1. The summed E-state index contributed by atoms with van der Waals surface area (Å²) in [5.41, 5.74) is 2.57. The molecule has 4 nitrogen and oxygen atoms in total. The fourth-order valence-electron chi connectivity index (χ4n) is 1.87. The van der Waals surface area contributed by atoms with Gasteiger partial charge in [-0.2, -0.15) is 4.98 Å². The lowest BCUT2D eigenvalue weighted by Gasteiger charge is -2.03. The van der Waals surface area contributed by atoms with Crippen molar-refractivity contribution in [2.75, 3.05) is 0 Å². The molecule has 3 aromatic rings. The van der Waals surface area contributed by atoms with Crippen molar-refractivity contribution in [1.82, 2.24) is 15.0 Å². The number of hydrogen-bond acceptors (Lipinski definition) is 3. The number of nitrogens with one attached hydrogen (secondary N) is 1. The average Bonchev–Trinajstić information content (AvgIpc) is 2.48. The summed E-state index contributed by atoms with van der Waals surface area (Å²) in [6.45, 7) is 0. The van der Waals surface area contributed by atoms with E-state index in [1.54, 1.807) is 6.20 Å². The van der Waals surface area contributed by atoms with Crippen LogP contribution in [-0.2, 0) is 0 Å². The molecule has 2 aromatic heterocycles. The van der Waals surface area contributed by atoms with Crippen molar-refractivity contribution >= 4 is 0 Å². The van der Waals surface area contributed by atoms with Crippen LogP contribution < -0.4 is 5.69 Å². The summed E-state index contributed by atoms with van der Waals surface area (Å²) in [7, 11) is 0. The van der Waals surface area contributed by atoms with Crippen LogP contribution in [0.2, 0.25) is 0 Å². The van der Waals surface area contributed by atoms with Gasteiger partial charge in [0.15, 0.2) is 0 Å². The predicted octanol–water partition coefficient (Wildman–Crippen LogP) is 2.50. The van der Waals surface area contributed by atoms with Crippen molar-refractivity contribution in [1.29, 1.82) is 0 Å². The topological polar surface area (TPSA) is 58.6 Å². The lowest BCUT2D eigenvalue weighted by molar-refractivity contribution is 1.08. The molecule has 0 spiro atoms. The minimum atomic E-state index is -0.373. The summed E-state index contributed by atoms with van der Waals surface area (Å²) in [4.78, 5) is 22.6. The molecule has 3 rings (SSSR count). The van der Waals surface area contributed by atoms with Gasteiger partial charge >= 0.3 is 5.69 Å². The minimum absolute atomic E-state index is 0.373. The molecule has 0 radical (unpaired) electrons. The van der Waals surface area contributed by atoms with Crippen LogP contribution >= 0.6 is 0 Å². The van der Waals surface area contributed by atoms with Crippen LogP contribution in [-0.4, -0.2) is 15.0 Å². The van der Waals surface area contributed by atoms with Gasteiger partial charge in [-0.3, -0.25) is 4.98 Å². The first kappa shape index (κ1) is 11.3. The maximum atomic E-state index is 11.7. The highest BCUT2D eigenvalue weighted by atomic mass is 16.1. The lowest BCUT2D eigenvalue weighted by Crippen LogP contribution is -2.12. The Morgan fingerprint density at radius 3 is 2.42 bits per heavy atom. The van der Waals surface area contributed by atoms with Crippen molar-refractivity contribution < 1.29 is 0 Å². The number of benzene rings is 1. The Kier molecular flexibility index (Phi) is 2.90. The van der Waals surface area contributed by atoms with Crippen LogP contribution in [0.25, 0.3) is 22.6 Å². The van der Waals surface area contributed by atoms with Crippen molar-refractivity contribution in [2.45, 2.75) is 0 Å². The van der Waals surface area contributed by atoms with Gasteiger partial charge in [-0.05, 0) is 18.2 Å². The van der Waals surface area contributed by atoms with Crippen molar-refractivity contribution in [3.05, 3.63) is 71.3 Å². The number of aromatic nitrogens is 3. The van der Waals surface area contributed by atoms with Crippen LogP contribution in [0, 0.1) is 0 Å². The van der Waals surface area contributed by atoms with Gasteiger partial charge in [0.2, 0.25) is 0 Å². The third-order valence-electron chi connectivity index (χ3n) is 2.76. The van der Waals surface area contributed by atoms with E-state index in [-0.39, 0.29) is 5.69 Å². The van der Waals surface area contributed by atoms with E-state index in [1.165, 1.54) is 0 Å². The first-order valence-electron chi connectivity index (χ1n) is 5.91. The summed E-state index contributed by atoms with van der Waals surface area (Å²) in [5.74, 6) is 0. The predicted molar refractivity (Wildman–Crippen MR) is 73.5 cm³/mol. The number of aromatic amines is 1. The number of hydrogen-bond donors (Lipinski definition) is 1. The van der Waals surface area contributed by atoms with Gasteiger partial charge in [-0.25, -0.2) is 4.79 Å². The fraction of sp³-hybridized carbons (Fsp3) is 0. The smallest absolute Gasteiger partial charge is 0.304 e. The number of nitrogens with zero attached hydrogens (tertiary/aromatic N) is 2. The molecule has 0 atom stereocenters. The molecule has 0 bridgehead atoms. The molecule has 0 unspecified atom stereocenters. The summed E-state index contributed by atoms with van der Waals surface area (Å²) in [6, 6.07) is 17.0. The quantitative estimate of drug-likeness (QED) is 0.759. The van der Waals surface area contributed by atoms with Gasteiger partial charge in [0.05, 0.1) is 17.1 Å². The highest BCUT2D eigenvalue weighted by Gasteiger charge is 2.05. The van der Waals surface area contributed by atoms with Gasteiger partial charge < -0.3 is 4.98 Å². The van der Waals surface area contributed by atoms with Crippen LogP contribution in [0.3, 0.4) is 0 Å². The van der Waals surface area contributed by atoms with Crippen molar-refractivity contribution in [3.63, 3.8) is 0 Å². The molecular formula is C15H11N3O. The Hall–Kier alpha value is -2.75. The molecule has 0 saturated carbocycles. The maximum Gasteiger partial charge on any atom is 0.346 e. The number of H-pyrrole nitrogens is 1. The van der Waals surface area contributed by atoms with Crippen LogP contribution in [0.4, 0.5) is 0 Å². The third-order valence-corrected chi connectivity index (χ3v) is 2.76. The van der Waals surface area contributed by atoms with Gasteiger partial charge in [0, 0.05) is 11.8 Å². The second-order valence-electron chi connectivity index (χ2n) is 4.07. The van der Waals surface area contributed by atoms with Crippen molar-refractivity contribution in [2.24, 2.45) is 0 Å². The molecule has 2 heterocycles. The second-order valence-corrected chi connectivity index (χ2v) is 4.07. The van der Waals surface area contributed by atoms with E-state index < -0.39 is 0 Å².